The molecule has 2 aromatic rings. The van der Waals surface area contributed by atoms with Gasteiger partial charge in [-0.05, 0) is 44.5 Å². The number of halogens is 2. The van der Waals surface area contributed by atoms with E-state index in [1.54, 1.807) is 27.1 Å². The first kappa shape index (κ1) is 22.6. The van der Waals surface area contributed by atoms with E-state index in [4.69, 9.17) is 9.47 Å². The molecule has 5 nitrogen and oxygen atoms in total. The molecular weight excluding hydrogens is 378 g/mol. The van der Waals surface area contributed by atoms with Gasteiger partial charge in [0.15, 0.2) is 17.6 Å². The first-order chi connectivity index (χ1) is 13.7. The normalized spacial score (nSPS) is 12.9. The van der Waals surface area contributed by atoms with Gasteiger partial charge >= 0.3 is 0 Å². The van der Waals surface area contributed by atoms with Crippen LogP contribution in [0.15, 0.2) is 36.4 Å². The van der Waals surface area contributed by atoms with E-state index in [0.29, 0.717) is 30.2 Å². The Morgan fingerprint density at radius 1 is 1.10 bits per heavy atom. The van der Waals surface area contributed by atoms with Crippen LogP contribution in [0, 0.1) is 11.6 Å². The summed E-state index contributed by atoms with van der Waals surface area (Å²) in [6, 6.07) is 8.69. The lowest BCUT2D eigenvalue weighted by atomic mass is 10.1. The quantitative estimate of drug-likeness (QED) is 0.682. The number of benzene rings is 2. The summed E-state index contributed by atoms with van der Waals surface area (Å²) in [5.74, 6) is -0.309. The van der Waals surface area contributed by atoms with E-state index in [9.17, 15) is 13.6 Å². The smallest absolute Gasteiger partial charge is 0.262 e. The molecule has 0 aromatic heterocycles. The molecule has 0 aliphatic carbocycles. The van der Waals surface area contributed by atoms with Gasteiger partial charge in [0.05, 0.1) is 6.61 Å². The highest BCUT2D eigenvalue weighted by molar-refractivity contribution is 5.80. The third kappa shape index (κ3) is 6.15. The molecule has 0 fully saturated rings. The molecule has 2 aromatic carbocycles. The molecule has 7 heteroatoms. The van der Waals surface area contributed by atoms with Gasteiger partial charge in [-0.2, -0.15) is 0 Å². The molecule has 0 bridgehead atoms. The van der Waals surface area contributed by atoms with Gasteiger partial charge in [0.1, 0.15) is 11.6 Å². The van der Waals surface area contributed by atoms with Crippen LogP contribution in [0.3, 0.4) is 0 Å². The number of likely N-dealkylation sites (N-methyl/N-ethyl adjacent to an activating group) is 1. The summed E-state index contributed by atoms with van der Waals surface area (Å²) in [6.45, 7) is 6.26. The van der Waals surface area contributed by atoms with Crippen LogP contribution < -0.4 is 14.8 Å². The molecule has 0 aliphatic rings. The molecule has 1 N–H and O–H groups in total. The Kier molecular flexibility index (Phi) is 7.96. The summed E-state index contributed by atoms with van der Waals surface area (Å²) in [4.78, 5) is 13.5. The maximum atomic E-state index is 13.9. The molecule has 0 saturated carbocycles. The fourth-order valence-electron chi connectivity index (χ4n) is 2.87. The van der Waals surface area contributed by atoms with Gasteiger partial charge in [-0.1, -0.05) is 12.1 Å². The average molecular weight is 406 g/mol. The zero-order chi connectivity index (χ0) is 21.6. The lowest BCUT2D eigenvalue weighted by Gasteiger charge is -2.21. The Bertz CT molecular complexity index is 843. The third-order valence-electron chi connectivity index (χ3n) is 4.44. The van der Waals surface area contributed by atoms with Gasteiger partial charge < -0.3 is 19.7 Å². The average Bonchev–Trinajstić information content (AvgIpc) is 2.67. The van der Waals surface area contributed by atoms with Crippen molar-refractivity contribution in [2.45, 2.75) is 39.5 Å². The summed E-state index contributed by atoms with van der Waals surface area (Å²) in [7, 11) is 3.34. The molecule has 0 radical (unpaired) electrons. The van der Waals surface area contributed by atoms with Crippen LogP contribution in [-0.4, -0.2) is 37.6 Å². The van der Waals surface area contributed by atoms with Crippen molar-refractivity contribution in [3.05, 3.63) is 59.2 Å². The zero-order valence-corrected chi connectivity index (χ0v) is 17.5. The van der Waals surface area contributed by atoms with Crippen molar-refractivity contribution in [3.8, 4) is 11.5 Å². The highest BCUT2D eigenvalue weighted by Gasteiger charge is 2.19. The predicted molar refractivity (Wildman–Crippen MR) is 108 cm³/mol. The SMILES string of the molecule is CCOc1cc(CNC(C)c2ccc(F)cc2F)ccc1OC(C)C(=O)N(C)C. The molecule has 2 unspecified atom stereocenters. The number of ether oxygens (including phenoxy) is 2. The van der Waals surface area contributed by atoms with Gasteiger partial charge in [-0.3, -0.25) is 4.79 Å². The van der Waals surface area contributed by atoms with Crippen LogP contribution in [-0.2, 0) is 11.3 Å². The minimum atomic E-state index is -0.644. The number of rotatable bonds is 9. The van der Waals surface area contributed by atoms with Crippen LogP contribution in [0.25, 0.3) is 0 Å². The van der Waals surface area contributed by atoms with Crippen LogP contribution in [0.5, 0.6) is 11.5 Å². The molecule has 0 heterocycles. The van der Waals surface area contributed by atoms with Crippen LogP contribution in [0.1, 0.15) is 37.9 Å². The Morgan fingerprint density at radius 2 is 1.83 bits per heavy atom. The second-order valence-corrected chi connectivity index (χ2v) is 6.98. The Hall–Kier alpha value is -2.67. The van der Waals surface area contributed by atoms with Crippen molar-refractivity contribution in [1.29, 1.82) is 0 Å². The van der Waals surface area contributed by atoms with E-state index in [1.165, 1.54) is 17.0 Å². The molecule has 0 spiro atoms. The molecule has 2 rings (SSSR count). The topological polar surface area (TPSA) is 50.8 Å². The van der Waals surface area contributed by atoms with E-state index in [1.807, 2.05) is 26.0 Å². The standard InChI is InChI=1S/C22H28F2N2O3/c1-6-28-21-11-16(7-10-20(21)29-15(3)22(27)26(4)5)13-25-14(2)18-9-8-17(23)12-19(18)24/h7-12,14-15,25H,6,13H2,1-5H3. The largest absolute Gasteiger partial charge is 0.490 e. The van der Waals surface area contributed by atoms with E-state index in [-0.39, 0.29) is 11.9 Å². The summed E-state index contributed by atoms with van der Waals surface area (Å²) in [6.07, 6.45) is -0.644. The maximum absolute atomic E-state index is 13.9. The van der Waals surface area contributed by atoms with Gasteiger partial charge in [0.25, 0.3) is 5.91 Å². The number of amides is 1. The van der Waals surface area contributed by atoms with E-state index < -0.39 is 17.7 Å². The summed E-state index contributed by atoms with van der Waals surface area (Å²) in [5, 5.41) is 3.22. The molecular formula is C22H28F2N2O3. The van der Waals surface area contributed by atoms with Crippen molar-refractivity contribution >= 4 is 5.91 Å². The van der Waals surface area contributed by atoms with Crippen LogP contribution in [0.4, 0.5) is 8.78 Å². The van der Waals surface area contributed by atoms with E-state index in [2.05, 4.69) is 5.32 Å². The summed E-state index contributed by atoms with van der Waals surface area (Å²) >= 11 is 0. The first-order valence-electron chi connectivity index (χ1n) is 9.54. The van der Waals surface area contributed by atoms with Gasteiger partial charge in [0, 0.05) is 38.3 Å². The number of hydrogen-bond acceptors (Lipinski definition) is 4. The summed E-state index contributed by atoms with van der Waals surface area (Å²) in [5.41, 5.74) is 1.30. The fraction of sp³-hybridized carbons (Fsp3) is 0.409. The maximum Gasteiger partial charge on any atom is 0.262 e. The highest BCUT2D eigenvalue weighted by atomic mass is 19.1. The Balaban J connectivity index is 2.09. The van der Waals surface area contributed by atoms with Gasteiger partial charge in [-0.15, -0.1) is 0 Å². The van der Waals surface area contributed by atoms with Crippen molar-refractivity contribution < 1.29 is 23.0 Å². The predicted octanol–water partition coefficient (Wildman–Crippen LogP) is 4.07. The Labute approximate surface area is 170 Å². The van der Waals surface area contributed by atoms with Gasteiger partial charge in [0.2, 0.25) is 0 Å². The Morgan fingerprint density at radius 3 is 2.45 bits per heavy atom. The fourth-order valence-corrected chi connectivity index (χ4v) is 2.87. The number of carbonyl (C=O) groups is 1. The number of nitrogens with one attached hydrogen (secondary N) is 1. The molecule has 29 heavy (non-hydrogen) atoms. The van der Waals surface area contributed by atoms with Crippen molar-refractivity contribution in [1.82, 2.24) is 10.2 Å². The van der Waals surface area contributed by atoms with Crippen molar-refractivity contribution in [2.24, 2.45) is 0 Å². The van der Waals surface area contributed by atoms with Crippen LogP contribution >= 0.6 is 0 Å². The summed E-state index contributed by atoms with van der Waals surface area (Å²) < 4.78 is 38.5. The van der Waals surface area contributed by atoms with Crippen molar-refractivity contribution in [2.75, 3.05) is 20.7 Å². The minimum Gasteiger partial charge on any atom is -0.490 e. The lowest BCUT2D eigenvalue weighted by Crippen LogP contribution is -2.35. The third-order valence-corrected chi connectivity index (χ3v) is 4.44. The minimum absolute atomic E-state index is 0.145. The molecule has 158 valence electrons. The number of nitrogens with zero attached hydrogens (tertiary/aromatic N) is 1. The lowest BCUT2D eigenvalue weighted by molar-refractivity contribution is -0.135. The number of carbonyl (C=O) groups excluding carboxylic acids is 1. The molecule has 1 amide bonds. The first-order valence-corrected chi connectivity index (χ1v) is 9.54. The molecule has 0 saturated heterocycles. The molecule has 2 atom stereocenters. The van der Waals surface area contributed by atoms with Crippen molar-refractivity contribution in [3.63, 3.8) is 0 Å². The highest BCUT2D eigenvalue weighted by Crippen LogP contribution is 2.30. The van der Waals surface area contributed by atoms with Crippen LogP contribution in [0.2, 0.25) is 0 Å². The second kappa shape index (κ2) is 10.2. The monoisotopic (exact) mass is 406 g/mol. The van der Waals surface area contributed by atoms with E-state index in [0.717, 1.165) is 11.6 Å². The van der Waals surface area contributed by atoms with Gasteiger partial charge in [-0.25, -0.2) is 8.78 Å². The van der Waals surface area contributed by atoms with E-state index >= 15 is 0 Å². The zero-order valence-electron chi connectivity index (χ0n) is 17.5. The second-order valence-electron chi connectivity index (χ2n) is 6.98. The molecule has 0 aliphatic heterocycles. The number of hydrogen-bond donors (Lipinski definition) is 1.